The van der Waals surface area contributed by atoms with Crippen molar-refractivity contribution in [2.45, 2.75) is 45.3 Å². The molecule has 34 heavy (non-hydrogen) atoms. The fourth-order valence-electron chi connectivity index (χ4n) is 5.36. The molecule has 0 spiro atoms. The van der Waals surface area contributed by atoms with Crippen LogP contribution in [0.3, 0.4) is 0 Å². The van der Waals surface area contributed by atoms with E-state index in [4.69, 9.17) is 9.26 Å². The van der Waals surface area contributed by atoms with Crippen LogP contribution in [0.2, 0.25) is 0 Å². The summed E-state index contributed by atoms with van der Waals surface area (Å²) in [5.74, 6) is 3.36. The molecule has 2 fully saturated rings. The topological polar surface area (TPSA) is 93.6 Å². The molecule has 0 unspecified atom stereocenters. The minimum atomic E-state index is -0.632. The van der Waals surface area contributed by atoms with E-state index in [-0.39, 0.29) is 5.97 Å². The van der Waals surface area contributed by atoms with Crippen LogP contribution < -0.4 is 0 Å². The number of imidazole rings is 1. The number of carbonyl (C=O) groups excluding carboxylic acids is 1. The van der Waals surface area contributed by atoms with E-state index in [0.717, 1.165) is 54.9 Å². The van der Waals surface area contributed by atoms with Crippen molar-refractivity contribution in [1.29, 1.82) is 0 Å². The molecule has 2 aromatic heterocycles. The van der Waals surface area contributed by atoms with E-state index in [1.54, 1.807) is 13.1 Å². The third-order valence-electron chi connectivity index (χ3n) is 7.02. The molecule has 4 atom stereocenters. The first-order chi connectivity index (χ1) is 16.5. The Morgan fingerprint density at radius 3 is 2.74 bits per heavy atom. The van der Waals surface area contributed by atoms with Gasteiger partial charge in [0.15, 0.2) is 5.76 Å². The summed E-state index contributed by atoms with van der Waals surface area (Å²) in [6, 6.07) is 10.6. The normalized spacial score (nSPS) is 22.5. The second kappa shape index (κ2) is 9.72. The maximum absolute atomic E-state index is 11.5. The minimum Gasteiger partial charge on any atom is -0.466 e. The Hall–Kier alpha value is -2.97. The molecular formula is C26H32N4O4. The van der Waals surface area contributed by atoms with Gasteiger partial charge in [0.1, 0.15) is 17.6 Å². The summed E-state index contributed by atoms with van der Waals surface area (Å²) in [6.07, 6.45) is 4.26. The first kappa shape index (κ1) is 22.8. The monoisotopic (exact) mass is 464 g/mol. The number of fused-ring (bicyclic) bond motifs is 1. The number of hydrogen-bond donors (Lipinski definition) is 1. The van der Waals surface area contributed by atoms with Gasteiger partial charge in [0.05, 0.1) is 13.2 Å². The molecule has 0 radical (unpaired) electrons. The van der Waals surface area contributed by atoms with Gasteiger partial charge in [-0.2, -0.15) is 0 Å². The van der Waals surface area contributed by atoms with Crippen molar-refractivity contribution in [2.24, 2.45) is 11.8 Å². The summed E-state index contributed by atoms with van der Waals surface area (Å²) in [6.45, 7) is 7.72. The SMILES string of the molecule is CCOC(=O)CCCN1C[C@@H]2[C@H](C1)[C@H]2c1ccc(-c2cc(Cn3ccnc3[C@H](C)O)no2)cc1. The lowest BCUT2D eigenvalue weighted by molar-refractivity contribution is -0.143. The van der Waals surface area contributed by atoms with Gasteiger partial charge >= 0.3 is 5.97 Å². The van der Waals surface area contributed by atoms with Gasteiger partial charge in [-0.1, -0.05) is 29.4 Å². The van der Waals surface area contributed by atoms with E-state index in [2.05, 4.69) is 39.3 Å². The summed E-state index contributed by atoms with van der Waals surface area (Å²) < 4.78 is 12.5. The number of benzene rings is 1. The first-order valence-corrected chi connectivity index (χ1v) is 12.2. The number of ether oxygens (including phenoxy) is 1. The zero-order valence-electron chi connectivity index (χ0n) is 19.8. The molecule has 0 amide bonds. The average Bonchev–Trinajstić information content (AvgIpc) is 3.28. The molecule has 1 aliphatic heterocycles. The van der Waals surface area contributed by atoms with Crippen molar-refractivity contribution in [3.8, 4) is 11.3 Å². The molecule has 8 heteroatoms. The van der Waals surface area contributed by atoms with Crippen LogP contribution >= 0.6 is 0 Å². The quantitative estimate of drug-likeness (QED) is 0.458. The van der Waals surface area contributed by atoms with Gasteiger partial charge in [-0.3, -0.25) is 4.79 Å². The summed E-state index contributed by atoms with van der Waals surface area (Å²) in [5, 5.41) is 14.0. The predicted octanol–water partition coefficient (Wildman–Crippen LogP) is 3.63. The van der Waals surface area contributed by atoms with Crippen molar-refractivity contribution in [2.75, 3.05) is 26.2 Å². The van der Waals surface area contributed by atoms with E-state index in [1.807, 2.05) is 23.8 Å². The van der Waals surface area contributed by atoms with Gasteiger partial charge in [-0.05, 0) is 50.1 Å². The number of carbonyl (C=O) groups is 1. The number of aliphatic hydroxyl groups is 1. The molecule has 1 N–H and O–H groups in total. The number of piperidine rings is 1. The largest absolute Gasteiger partial charge is 0.466 e. The molecular weight excluding hydrogens is 432 g/mol. The van der Waals surface area contributed by atoms with Gasteiger partial charge in [-0.25, -0.2) is 4.98 Å². The highest BCUT2D eigenvalue weighted by Crippen LogP contribution is 2.58. The summed E-state index contributed by atoms with van der Waals surface area (Å²) >= 11 is 0. The van der Waals surface area contributed by atoms with Crippen LogP contribution in [0.5, 0.6) is 0 Å². The van der Waals surface area contributed by atoms with Gasteiger partial charge in [0, 0.05) is 43.5 Å². The number of aromatic nitrogens is 3. The Bertz CT molecular complexity index is 1110. The summed E-state index contributed by atoms with van der Waals surface area (Å²) in [4.78, 5) is 18.2. The molecule has 8 nitrogen and oxygen atoms in total. The van der Waals surface area contributed by atoms with E-state index < -0.39 is 6.10 Å². The minimum absolute atomic E-state index is 0.0880. The molecule has 2 aliphatic rings. The number of hydrogen-bond acceptors (Lipinski definition) is 7. The van der Waals surface area contributed by atoms with Crippen molar-refractivity contribution >= 4 is 5.97 Å². The Morgan fingerprint density at radius 2 is 2.03 bits per heavy atom. The Balaban J connectivity index is 1.13. The number of esters is 1. The average molecular weight is 465 g/mol. The Labute approximate surface area is 199 Å². The molecule has 180 valence electrons. The highest BCUT2D eigenvalue weighted by atomic mass is 16.5. The second-order valence-corrected chi connectivity index (χ2v) is 9.42. The van der Waals surface area contributed by atoms with Crippen LogP contribution in [0, 0.1) is 11.8 Å². The molecule has 3 aromatic rings. The van der Waals surface area contributed by atoms with Gasteiger partial charge < -0.3 is 23.8 Å². The van der Waals surface area contributed by atoms with E-state index in [1.165, 1.54) is 5.56 Å². The van der Waals surface area contributed by atoms with Gasteiger partial charge in [-0.15, -0.1) is 0 Å². The fraction of sp³-hybridized carbons (Fsp3) is 0.500. The van der Waals surface area contributed by atoms with Gasteiger partial charge in [0.2, 0.25) is 0 Å². The first-order valence-electron chi connectivity index (χ1n) is 12.2. The smallest absolute Gasteiger partial charge is 0.305 e. The molecule has 0 bridgehead atoms. The number of rotatable bonds is 10. The van der Waals surface area contributed by atoms with Crippen molar-refractivity contribution in [3.63, 3.8) is 0 Å². The number of aliphatic hydroxyl groups excluding tert-OH is 1. The van der Waals surface area contributed by atoms with Crippen LogP contribution in [0.4, 0.5) is 0 Å². The lowest BCUT2D eigenvalue weighted by Crippen LogP contribution is -2.26. The van der Waals surface area contributed by atoms with Crippen molar-refractivity contribution in [3.05, 3.63) is 59.8 Å². The highest BCUT2D eigenvalue weighted by molar-refractivity contribution is 5.69. The maximum Gasteiger partial charge on any atom is 0.305 e. The van der Waals surface area contributed by atoms with Crippen molar-refractivity contribution < 1.29 is 19.2 Å². The molecule has 1 aliphatic carbocycles. The van der Waals surface area contributed by atoms with Crippen LogP contribution in [0.25, 0.3) is 11.3 Å². The second-order valence-electron chi connectivity index (χ2n) is 9.42. The summed E-state index contributed by atoms with van der Waals surface area (Å²) in [5.41, 5.74) is 3.19. The number of likely N-dealkylation sites (tertiary alicyclic amines) is 1. The molecule has 1 saturated carbocycles. The third kappa shape index (κ3) is 4.79. The van der Waals surface area contributed by atoms with E-state index in [0.29, 0.717) is 31.3 Å². The molecule has 5 rings (SSSR count). The summed E-state index contributed by atoms with van der Waals surface area (Å²) in [7, 11) is 0. The van der Waals surface area contributed by atoms with Crippen LogP contribution in [0.15, 0.2) is 47.2 Å². The number of nitrogens with zero attached hydrogens (tertiary/aromatic N) is 4. The maximum atomic E-state index is 11.5. The van der Waals surface area contributed by atoms with E-state index in [9.17, 15) is 9.90 Å². The van der Waals surface area contributed by atoms with Crippen LogP contribution in [0.1, 0.15) is 55.8 Å². The lowest BCUT2D eigenvalue weighted by atomic mass is 10.0. The van der Waals surface area contributed by atoms with Crippen LogP contribution in [-0.2, 0) is 16.1 Å². The fourth-order valence-corrected chi connectivity index (χ4v) is 5.36. The molecule has 3 heterocycles. The zero-order valence-corrected chi connectivity index (χ0v) is 19.8. The predicted molar refractivity (Wildman–Crippen MR) is 126 cm³/mol. The third-order valence-corrected chi connectivity index (χ3v) is 7.02. The van der Waals surface area contributed by atoms with Gasteiger partial charge in [0.25, 0.3) is 0 Å². The Morgan fingerprint density at radius 1 is 1.26 bits per heavy atom. The highest BCUT2D eigenvalue weighted by Gasteiger charge is 2.55. The standard InChI is InChI=1S/C26H32N4O4/c1-3-33-24(32)5-4-11-29-15-21-22(16-29)25(21)19-8-6-18(7-9-19)23-13-20(28-34-23)14-30-12-10-27-26(30)17(2)31/h6-10,12-13,17,21-22,25,31H,3-5,11,14-16H2,1-2H3/t17-,21-,22+,25+/m0/s1. The Kier molecular flexibility index (Phi) is 6.52. The van der Waals surface area contributed by atoms with Crippen LogP contribution in [-0.4, -0.2) is 56.9 Å². The zero-order chi connectivity index (χ0) is 23.7. The molecule has 1 saturated heterocycles. The van der Waals surface area contributed by atoms with E-state index >= 15 is 0 Å². The van der Waals surface area contributed by atoms with Crippen molar-refractivity contribution in [1.82, 2.24) is 19.6 Å². The molecule has 1 aromatic carbocycles. The lowest BCUT2D eigenvalue weighted by Gasteiger charge is -2.19.